The molecule has 0 aliphatic rings. The first-order chi connectivity index (χ1) is 17.6. The highest BCUT2D eigenvalue weighted by atomic mass is 16.6. The highest BCUT2D eigenvalue weighted by molar-refractivity contribution is 5.82. The summed E-state index contributed by atoms with van der Waals surface area (Å²) in [5, 5.41) is 0. The van der Waals surface area contributed by atoms with Crippen LogP contribution in [0.5, 0.6) is 11.5 Å². The van der Waals surface area contributed by atoms with Gasteiger partial charge in [-0.3, -0.25) is 19.2 Å². The molecule has 1 unspecified atom stereocenters. The zero-order chi connectivity index (χ0) is 29.3. The summed E-state index contributed by atoms with van der Waals surface area (Å²) in [5.41, 5.74) is 3.96. The first kappa shape index (κ1) is 33.1. The Bertz CT molecular complexity index is 1000. The van der Waals surface area contributed by atoms with E-state index in [4.69, 9.17) is 24.7 Å². The molecule has 0 amide bonds. The molecule has 38 heavy (non-hydrogen) atoms. The van der Waals surface area contributed by atoms with Gasteiger partial charge < -0.3 is 24.7 Å². The number of benzene rings is 1. The summed E-state index contributed by atoms with van der Waals surface area (Å²) in [4.78, 5) is 50.3. The van der Waals surface area contributed by atoms with E-state index in [-0.39, 0.29) is 42.8 Å². The molecule has 0 aliphatic heterocycles. The van der Waals surface area contributed by atoms with Crippen molar-refractivity contribution in [1.29, 1.82) is 0 Å². The standard InChI is InChI=1S/C29H45NO8/c1-10-19(4)23(31)36-16-15-29(30,26(34)35-9)18-20-13-14-21(37-24(32)27(5,6)11-2)22(17-20)38-25(33)28(7,8)12-3/h13-14,17,19H,10-12,15-16,18,30H2,1-9H3/t19?,29-/m1/s1. The van der Waals surface area contributed by atoms with Gasteiger partial charge in [-0.2, -0.15) is 0 Å². The maximum atomic E-state index is 12.9. The molecule has 1 rings (SSSR count). The van der Waals surface area contributed by atoms with E-state index in [0.717, 1.165) is 0 Å². The molecule has 0 radical (unpaired) electrons. The number of hydrogen-bond donors (Lipinski definition) is 1. The second-order valence-electron chi connectivity index (χ2n) is 11.1. The molecular weight excluding hydrogens is 490 g/mol. The smallest absolute Gasteiger partial charge is 0.326 e. The lowest BCUT2D eigenvalue weighted by atomic mass is 9.88. The third-order valence-electron chi connectivity index (χ3n) is 7.21. The number of methoxy groups -OCH3 is 1. The van der Waals surface area contributed by atoms with E-state index < -0.39 is 34.3 Å². The van der Waals surface area contributed by atoms with Crippen molar-refractivity contribution in [3.05, 3.63) is 23.8 Å². The van der Waals surface area contributed by atoms with Crippen LogP contribution >= 0.6 is 0 Å². The summed E-state index contributed by atoms with van der Waals surface area (Å²) >= 11 is 0. The first-order valence-electron chi connectivity index (χ1n) is 13.2. The lowest BCUT2D eigenvalue weighted by Gasteiger charge is -2.27. The Morgan fingerprint density at radius 2 is 1.39 bits per heavy atom. The highest BCUT2D eigenvalue weighted by Crippen LogP contribution is 2.35. The minimum Gasteiger partial charge on any atom is -0.468 e. The number of carbonyl (C=O) groups is 4. The Morgan fingerprint density at radius 1 is 0.868 bits per heavy atom. The average molecular weight is 536 g/mol. The van der Waals surface area contributed by atoms with Crippen LogP contribution in [-0.2, 0) is 35.1 Å². The predicted octanol–water partition coefficient (Wildman–Crippen LogP) is 4.76. The summed E-state index contributed by atoms with van der Waals surface area (Å²) in [7, 11) is 1.23. The normalized spacial score (nSPS) is 14.2. The van der Waals surface area contributed by atoms with Gasteiger partial charge in [0.2, 0.25) is 0 Å². The Balaban J connectivity index is 3.33. The van der Waals surface area contributed by atoms with Gasteiger partial charge in [0, 0.05) is 12.8 Å². The average Bonchev–Trinajstić information content (AvgIpc) is 2.88. The van der Waals surface area contributed by atoms with Gasteiger partial charge in [-0.25, -0.2) is 0 Å². The summed E-state index contributed by atoms with van der Waals surface area (Å²) in [6.45, 7) is 14.4. The van der Waals surface area contributed by atoms with Crippen LogP contribution in [0.4, 0.5) is 0 Å². The van der Waals surface area contributed by atoms with Crippen molar-refractivity contribution in [2.45, 2.75) is 93.0 Å². The molecular formula is C29H45NO8. The molecule has 9 heteroatoms. The number of nitrogens with two attached hydrogens (primary N) is 1. The monoisotopic (exact) mass is 535 g/mol. The first-order valence-corrected chi connectivity index (χ1v) is 13.2. The zero-order valence-corrected chi connectivity index (χ0v) is 24.4. The van der Waals surface area contributed by atoms with Gasteiger partial charge in [-0.1, -0.05) is 33.8 Å². The van der Waals surface area contributed by atoms with Crippen LogP contribution in [0.1, 0.15) is 86.6 Å². The molecule has 1 aromatic rings. The van der Waals surface area contributed by atoms with E-state index in [1.807, 2.05) is 20.8 Å². The van der Waals surface area contributed by atoms with Crippen LogP contribution in [0.15, 0.2) is 18.2 Å². The Kier molecular flexibility index (Phi) is 12.0. The van der Waals surface area contributed by atoms with Gasteiger partial charge in [0.25, 0.3) is 0 Å². The molecule has 9 nitrogen and oxygen atoms in total. The summed E-state index contributed by atoms with van der Waals surface area (Å²) in [6.07, 6.45) is 1.73. The van der Waals surface area contributed by atoms with Crippen molar-refractivity contribution in [1.82, 2.24) is 0 Å². The number of ether oxygens (including phenoxy) is 4. The Hall–Kier alpha value is -2.94. The molecule has 0 saturated carbocycles. The Labute approximate surface area is 226 Å². The van der Waals surface area contributed by atoms with E-state index in [1.165, 1.54) is 19.2 Å². The van der Waals surface area contributed by atoms with Crippen LogP contribution in [0.2, 0.25) is 0 Å². The van der Waals surface area contributed by atoms with Crippen molar-refractivity contribution >= 4 is 23.9 Å². The quantitative estimate of drug-likeness (QED) is 0.264. The molecule has 0 fully saturated rings. The number of rotatable bonds is 14. The molecule has 0 aromatic heterocycles. The minimum atomic E-state index is -1.52. The highest BCUT2D eigenvalue weighted by Gasteiger charge is 2.37. The third-order valence-corrected chi connectivity index (χ3v) is 7.21. The summed E-state index contributed by atoms with van der Waals surface area (Å²) in [6, 6.07) is 4.68. The van der Waals surface area contributed by atoms with Crippen molar-refractivity contribution in [2.24, 2.45) is 22.5 Å². The number of hydrogen-bond acceptors (Lipinski definition) is 9. The van der Waals surface area contributed by atoms with Gasteiger partial charge in [0.05, 0.1) is 30.5 Å². The topological polar surface area (TPSA) is 131 Å². The predicted molar refractivity (Wildman–Crippen MR) is 144 cm³/mol. The molecule has 0 saturated heterocycles. The SMILES string of the molecule is CCC(C)C(=O)OCC[C@@](N)(Cc1ccc(OC(=O)C(C)(C)CC)c(OC(=O)C(C)(C)CC)c1)C(=O)OC. The second-order valence-corrected chi connectivity index (χ2v) is 11.1. The number of esters is 4. The maximum absolute atomic E-state index is 12.9. The second kappa shape index (κ2) is 13.7. The van der Waals surface area contributed by atoms with E-state index in [1.54, 1.807) is 40.7 Å². The van der Waals surface area contributed by atoms with Gasteiger partial charge >= 0.3 is 23.9 Å². The van der Waals surface area contributed by atoms with Gasteiger partial charge in [0.1, 0.15) is 5.54 Å². The van der Waals surface area contributed by atoms with E-state index >= 15 is 0 Å². The molecule has 0 spiro atoms. The molecule has 0 heterocycles. The van der Waals surface area contributed by atoms with Crippen molar-refractivity contribution in [3.63, 3.8) is 0 Å². The maximum Gasteiger partial charge on any atom is 0.326 e. The zero-order valence-electron chi connectivity index (χ0n) is 24.4. The van der Waals surface area contributed by atoms with E-state index in [0.29, 0.717) is 24.8 Å². The van der Waals surface area contributed by atoms with Crippen molar-refractivity contribution in [3.8, 4) is 11.5 Å². The Morgan fingerprint density at radius 3 is 1.87 bits per heavy atom. The van der Waals surface area contributed by atoms with Crippen LogP contribution in [0.25, 0.3) is 0 Å². The summed E-state index contributed by atoms with van der Waals surface area (Å²) in [5.74, 6) is -2.14. The third kappa shape index (κ3) is 8.82. The largest absolute Gasteiger partial charge is 0.468 e. The minimum absolute atomic E-state index is 0.00302. The van der Waals surface area contributed by atoms with Crippen LogP contribution < -0.4 is 15.2 Å². The summed E-state index contributed by atoms with van der Waals surface area (Å²) < 4.78 is 21.6. The molecule has 2 atom stereocenters. The molecule has 214 valence electrons. The fourth-order valence-corrected chi connectivity index (χ4v) is 3.06. The van der Waals surface area contributed by atoms with Gasteiger partial charge in [-0.15, -0.1) is 0 Å². The molecule has 0 bridgehead atoms. The fourth-order valence-electron chi connectivity index (χ4n) is 3.06. The van der Waals surface area contributed by atoms with Crippen LogP contribution in [0, 0.1) is 16.7 Å². The molecule has 0 aliphatic carbocycles. The molecule has 2 N–H and O–H groups in total. The molecule has 1 aromatic carbocycles. The van der Waals surface area contributed by atoms with Crippen LogP contribution in [0.3, 0.4) is 0 Å². The lowest BCUT2D eigenvalue weighted by molar-refractivity contribution is -0.153. The van der Waals surface area contributed by atoms with Crippen LogP contribution in [-0.4, -0.2) is 43.1 Å². The fraction of sp³-hybridized carbons (Fsp3) is 0.655. The van der Waals surface area contributed by atoms with Crippen molar-refractivity contribution in [2.75, 3.05) is 13.7 Å². The lowest BCUT2D eigenvalue weighted by Crippen LogP contribution is -2.51. The number of carbonyl (C=O) groups excluding carboxylic acids is 4. The van der Waals surface area contributed by atoms with E-state index in [9.17, 15) is 19.2 Å². The van der Waals surface area contributed by atoms with Crippen molar-refractivity contribution < 1.29 is 38.1 Å². The van der Waals surface area contributed by atoms with E-state index in [2.05, 4.69) is 0 Å². The van der Waals surface area contributed by atoms with Gasteiger partial charge in [-0.05, 0) is 64.7 Å². The van der Waals surface area contributed by atoms with Gasteiger partial charge in [0.15, 0.2) is 11.5 Å².